The van der Waals surface area contributed by atoms with E-state index >= 15 is 0 Å². The molecule has 2 amide bonds. The molecular formula is C18H20N4O. The van der Waals surface area contributed by atoms with Crippen LogP contribution in [0.25, 0.3) is 0 Å². The molecule has 1 atom stereocenters. The number of rotatable bonds is 2. The molecule has 1 aromatic heterocycles. The van der Waals surface area contributed by atoms with Crippen molar-refractivity contribution in [2.75, 3.05) is 13.1 Å². The van der Waals surface area contributed by atoms with Crippen LogP contribution in [0.15, 0.2) is 42.7 Å². The average molecular weight is 308 g/mol. The van der Waals surface area contributed by atoms with E-state index in [0.29, 0.717) is 6.54 Å². The van der Waals surface area contributed by atoms with E-state index in [4.69, 9.17) is 0 Å². The van der Waals surface area contributed by atoms with Gasteiger partial charge in [-0.25, -0.2) is 4.79 Å². The van der Waals surface area contributed by atoms with Crippen LogP contribution in [0.4, 0.5) is 4.79 Å². The van der Waals surface area contributed by atoms with Crippen molar-refractivity contribution >= 4 is 6.03 Å². The van der Waals surface area contributed by atoms with E-state index in [1.54, 1.807) is 6.20 Å². The smallest absolute Gasteiger partial charge is 0.318 e. The number of benzene rings is 1. The maximum Gasteiger partial charge on any atom is 0.318 e. The third-order valence-electron chi connectivity index (χ3n) is 4.00. The molecule has 1 fully saturated rings. The van der Waals surface area contributed by atoms with Gasteiger partial charge < -0.3 is 10.2 Å². The van der Waals surface area contributed by atoms with Gasteiger partial charge in [0.2, 0.25) is 0 Å². The Bertz CT molecular complexity index is 685. The maximum atomic E-state index is 12.4. The molecule has 1 aliphatic heterocycles. The molecule has 118 valence electrons. The summed E-state index contributed by atoms with van der Waals surface area (Å²) in [6, 6.07) is 9.81. The number of likely N-dealkylation sites (tertiary alicyclic amines) is 1. The number of carbonyl (C=O) groups is 1. The van der Waals surface area contributed by atoms with Crippen LogP contribution in [0, 0.1) is 11.8 Å². The summed E-state index contributed by atoms with van der Waals surface area (Å²) in [5.41, 5.74) is 2.02. The number of amides is 2. The molecule has 1 saturated heterocycles. The quantitative estimate of drug-likeness (QED) is 0.838. The van der Waals surface area contributed by atoms with E-state index in [1.807, 2.05) is 41.4 Å². The third-order valence-corrected chi connectivity index (χ3v) is 4.00. The van der Waals surface area contributed by atoms with E-state index in [1.165, 1.54) is 0 Å². The van der Waals surface area contributed by atoms with E-state index < -0.39 is 0 Å². The highest BCUT2D eigenvalue weighted by Crippen LogP contribution is 2.30. The Morgan fingerprint density at radius 1 is 1.35 bits per heavy atom. The summed E-state index contributed by atoms with van der Waals surface area (Å²) in [7, 11) is 0. The first-order valence-electron chi connectivity index (χ1n) is 7.91. The minimum Gasteiger partial charge on any atom is -0.327 e. The van der Waals surface area contributed by atoms with Crippen LogP contribution in [-0.2, 0) is 0 Å². The predicted molar refractivity (Wildman–Crippen MR) is 88.6 cm³/mol. The molecule has 3 rings (SSSR count). The lowest BCUT2D eigenvalue weighted by atomic mass is 9.98. The molecule has 0 saturated carbocycles. The maximum absolute atomic E-state index is 12.4. The van der Waals surface area contributed by atoms with Crippen LogP contribution < -0.4 is 5.32 Å². The van der Waals surface area contributed by atoms with Crippen molar-refractivity contribution in [3.63, 3.8) is 0 Å². The standard InChI is InChI=1S/C18H20N4O/c23-18(19-11-6-9-15-7-2-1-3-8-15)22-12-5-4-10-17(22)16-13-20-21-14-16/h1-3,7-8,13-14,17H,4-5,10-12H2,(H,19,23)(H,20,21). The van der Waals surface area contributed by atoms with Crippen LogP contribution in [0.3, 0.4) is 0 Å². The Morgan fingerprint density at radius 3 is 3.00 bits per heavy atom. The van der Waals surface area contributed by atoms with Crippen molar-refractivity contribution in [2.45, 2.75) is 25.3 Å². The van der Waals surface area contributed by atoms with Gasteiger partial charge in [0, 0.05) is 23.9 Å². The number of hydrogen-bond acceptors (Lipinski definition) is 2. The van der Waals surface area contributed by atoms with Crippen LogP contribution in [0.1, 0.15) is 36.4 Å². The molecule has 5 nitrogen and oxygen atoms in total. The van der Waals surface area contributed by atoms with Crippen LogP contribution in [-0.4, -0.2) is 34.2 Å². The zero-order valence-electron chi connectivity index (χ0n) is 13.0. The van der Waals surface area contributed by atoms with Gasteiger partial charge in [-0.05, 0) is 31.4 Å². The second kappa shape index (κ2) is 7.50. The average Bonchev–Trinajstić information content (AvgIpc) is 3.14. The van der Waals surface area contributed by atoms with Gasteiger partial charge in [0.25, 0.3) is 0 Å². The highest BCUT2D eigenvalue weighted by atomic mass is 16.2. The highest BCUT2D eigenvalue weighted by molar-refractivity contribution is 5.75. The van der Waals surface area contributed by atoms with Gasteiger partial charge in [-0.15, -0.1) is 0 Å². The lowest BCUT2D eigenvalue weighted by molar-refractivity contribution is 0.152. The van der Waals surface area contributed by atoms with E-state index in [2.05, 4.69) is 27.4 Å². The van der Waals surface area contributed by atoms with Crippen molar-refractivity contribution in [3.05, 3.63) is 53.9 Å². The molecule has 0 aliphatic carbocycles. The van der Waals surface area contributed by atoms with Crippen molar-refractivity contribution in [1.82, 2.24) is 20.4 Å². The molecule has 0 bridgehead atoms. The highest BCUT2D eigenvalue weighted by Gasteiger charge is 2.28. The number of H-pyrrole nitrogens is 1. The third kappa shape index (κ3) is 3.92. The second-order valence-electron chi connectivity index (χ2n) is 5.56. The summed E-state index contributed by atoms with van der Waals surface area (Å²) in [4.78, 5) is 14.3. The molecule has 1 aliphatic rings. The predicted octanol–water partition coefficient (Wildman–Crippen LogP) is 2.70. The Labute approximate surface area is 136 Å². The first kappa shape index (κ1) is 15.2. The number of nitrogens with one attached hydrogen (secondary N) is 2. The first-order chi connectivity index (χ1) is 11.3. The molecule has 5 heteroatoms. The zero-order valence-corrected chi connectivity index (χ0v) is 13.0. The summed E-state index contributed by atoms with van der Waals surface area (Å²) < 4.78 is 0. The number of piperidine rings is 1. The SMILES string of the molecule is O=C(NCC#Cc1ccccc1)N1CCCCC1c1cn[nH]c1. The Hall–Kier alpha value is -2.74. The fourth-order valence-corrected chi connectivity index (χ4v) is 2.85. The van der Waals surface area contributed by atoms with Gasteiger partial charge in [-0.1, -0.05) is 30.0 Å². The molecule has 1 aromatic carbocycles. The van der Waals surface area contributed by atoms with E-state index in [-0.39, 0.29) is 12.1 Å². The monoisotopic (exact) mass is 308 g/mol. The Morgan fingerprint density at radius 2 is 2.22 bits per heavy atom. The number of nitrogens with zero attached hydrogens (tertiary/aromatic N) is 2. The van der Waals surface area contributed by atoms with Gasteiger partial charge in [0.15, 0.2) is 0 Å². The number of urea groups is 1. The fraction of sp³-hybridized carbons (Fsp3) is 0.333. The molecule has 2 heterocycles. The topological polar surface area (TPSA) is 61.0 Å². The Balaban J connectivity index is 1.57. The summed E-state index contributed by atoms with van der Waals surface area (Å²) in [6.45, 7) is 1.12. The Kier molecular flexibility index (Phi) is 4.95. The van der Waals surface area contributed by atoms with Crippen LogP contribution in [0.5, 0.6) is 0 Å². The van der Waals surface area contributed by atoms with Crippen LogP contribution >= 0.6 is 0 Å². The van der Waals surface area contributed by atoms with Crippen molar-refractivity contribution < 1.29 is 4.79 Å². The number of aromatic nitrogens is 2. The zero-order chi connectivity index (χ0) is 15.9. The second-order valence-corrected chi connectivity index (χ2v) is 5.56. The molecule has 1 unspecified atom stereocenters. The molecule has 0 radical (unpaired) electrons. The summed E-state index contributed by atoms with van der Waals surface area (Å²) >= 11 is 0. The molecule has 2 N–H and O–H groups in total. The van der Waals surface area contributed by atoms with Crippen molar-refractivity contribution in [1.29, 1.82) is 0 Å². The molecule has 0 spiro atoms. The summed E-state index contributed by atoms with van der Waals surface area (Å²) in [5.74, 6) is 6.04. The van der Waals surface area contributed by atoms with E-state index in [0.717, 1.165) is 36.9 Å². The number of carbonyl (C=O) groups excluding carboxylic acids is 1. The van der Waals surface area contributed by atoms with Crippen LogP contribution in [0.2, 0.25) is 0 Å². The molecule has 2 aromatic rings. The van der Waals surface area contributed by atoms with Crippen molar-refractivity contribution in [3.8, 4) is 11.8 Å². The fourth-order valence-electron chi connectivity index (χ4n) is 2.85. The lowest BCUT2D eigenvalue weighted by Crippen LogP contribution is -2.44. The summed E-state index contributed by atoms with van der Waals surface area (Å²) in [6.07, 6.45) is 6.81. The van der Waals surface area contributed by atoms with Gasteiger partial charge in [0.05, 0.1) is 18.8 Å². The van der Waals surface area contributed by atoms with Gasteiger partial charge >= 0.3 is 6.03 Å². The largest absolute Gasteiger partial charge is 0.327 e. The molecule has 23 heavy (non-hydrogen) atoms. The van der Waals surface area contributed by atoms with Gasteiger partial charge in [-0.2, -0.15) is 5.10 Å². The van der Waals surface area contributed by atoms with E-state index in [9.17, 15) is 4.79 Å². The first-order valence-corrected chi connectivity index (χ1v) is 7.91. The summed E-state index contributed by atoms with van der Waals surface area (Å²) in [5, 5.41) is 9.72. The number of aromatic amines is 1. The van der Waals surface area contributed by atoms with Gasteiger partial charge in [0.1, 0.15) is 0 Å². The normalized spacial score (nSPS) is 17.2. The minimum absolute atomic E-state index is 0.0572. The van der Waals surface area contributed by atoms with Crippen molar-refractivity contribution in [2.24, 2.45) is 0 Å². The minimum atomic E-state index is -0.0572. The van der Waals surface area contributed by atoms with Gasteiger partial charge in [-0.3, -0.25) is 5.10 Å². The lowest BCUT2D eigenvalue weighted by Gasteiger charge is -2.35. The number of hydrogen-bond donors (Lipinski definition) is 2. The molecular weight excluding hydrogens is 288 g/mol.